The third-order valence-electron chi connectivity index (χ3n) is 3.18. The molecule has 102 valence electrons. The van der Waals surface area contributed by atoms with Crippen LogP contribution in [0, 0.1) is 0 Å². The topological polar surface area (TPSA) is 41.5 Å². The highest BCUT2D eigenvalue weighted by molar-refractivity contribution is 7.16. The van der Waals surface area contributed by atoms with Crippen molar-refractivity contribution in [1.29, 1.82) is 0 Å². The Morgan fingerprint density at radius 3 is 3.22 bits per heavy atom. The molecule has 1 aliphatic carbocycles. The van der Waals surface area contributed by atoms with Crippen LogP contribution in [0.25, 0.3) is 0 Å². The number of fused-ring (bicyclic) bond motifs is 1. The summed E-state index contributed by atoms with van der Waals surface area (Å²) in [5.41, 5.74) is 1.40. The van der Waals surface area contributed by atoms with E-state index in [0.717, 1.165) is 17.3 Å². The first-order chi connectivity index (χ1) is 8.81. The van der Waals surface area contributed by atoms with Crippen molar-refractivity contribution in [2.45, 2.75) is 31.7 Å². The Balaban J connectivity index is 1.74. The lowest BCUT2D eigenvalue weighted by molar-refractivity contribution is 0.0903. The number of aryl methyl sites for hydroxylation is 1. The summed E-state index contributed by atoms with van der Waals surface area (Å²) in [7, 11) is 0. The molecule has 1 aromatic rings. The molecule has 0 aromatic carbocycles. The zero-order valence-electron chi connectivity index (χ0n) is 10.5. The Bertz CT molecular complexity index is 370. The molecule has 1 unspecified atom stereocenters. The highest BCUT2D eigenvalue weighted by Crippen LogP contribution is 2.37. The zero-order chi connectivity index (χ0) is 12.8. The first kappa shape index (κ1) is 14.3. The summed E-state index contributed by atoms with van der Waals surface area (Å²) in [5, 5.41) is 12.2. The minimum Gasteiger partial charge on any atom is -0.394 e. The van der Waals surface area contributed by atoms with Crippen molar-refractivity contribution in [2.24, 2.45) is 0 Å². The van der Waals surface area contributed by atoms with Crippen LogP contribution in [0.3, 0.4) is 0 Å². The smallest absolute Gasteiger partial charge is 0.0934 e. The summed E-state index contributed by atoms with van der Waals surface area (Å²) in [6.45, 7) is 2.20. The van der Waals surface area contributed by atoms with Crippen LogP contribution in [-0.4, -0.2) is 31.5 Å². The Labute approximate surface area is 117 Å². The molecule has 2 rings (SSSR count). The Hall–Kier alpha value is -0.130. The van der Waals surface area contributed by atoms with Gasteiger partial charge in [-0.25, -0.2) is 0 Å². The highest BCUT2D eigenvalue weighted by Gasteiger charge is 2.21. The molecule has 3 nitrogen and oxygen atoms in total. The van der Waals surface area contributed by atoms with Crippen molar-refractivity contribution in [1.82, 2.24) is 5.32 Å². The van der Waals surface area contributed by atoms with Gasteiger partial charge in [-0.05, 0) is 43.9 Å². The number of aliphatic hydroxyl groups is 1. The van der Waals surface area contributed by atoms with Crippen molar-refractivity contribution in [3.63, 3.8) is 0 Å². The molecule has 0 aliphatic heterocycles. The van der Waals surface area contributed by atoms with Gasteiger partial charge < -0.3 is 15.2 Å². The molecular weight excluding hydrogens is 270 g/mol. The van der Waals surface area contributed by atoms with Crippen molar-refractivity contribution in [3.05, 3.63) is 20.8 Å². The van der Waals surface area contributed by atoms with Crippen LogP contribution in [0.15, 0.2) is 6.07 Å². The van der Waals surface area contributed by atoms with Crippen LogP contribution in [0.5, 0.6) is 0 Å². The maximum Gasteiger partial charge on any atom is 0.0934 e. The quantitative estimate of drug-likeness (QED) is 0.759. The Kier molecular flexibility index (Phi) is 5.92. The monoisotopic (exact) mass is 289 g/mol. The van der Waals surface area contributed by atoms with Crippen molar-refractivity contribution in [2.75, 3.05) is 26.4 Å². The fourth-order valence-electron chi connectivity index (χ4n) is 2.35. The van der Waals surface area contributed by atoms with E-state index < -0.39 is 0 Å². The second kappa shape index (κ2) is 7.46. The number of aliphatic hydroxyl groups excluding tert-OH is 1. The van der Waals surface area contributed by atoms with E-state index in [1.807, 2.05) is 0 Å². The maximum atomic E-state index is 8.59. The fourth-order valence-corrected chi connectivity index (χ4v) is 3.73. The van der Waals surface area contributed by atoms with E-state index in [1.54, 1.807) is 11.3 Å². The molecule has 2 N–H and O–H groups in total. The predicted octanol–water partition coefficient (Wildman–Crippen LogP) is 2.77. The van der Waals surface area contributed by atoms with Gasteiger partial charge in [0.05, 0.1) is 17.6 Å². The second-order valence-electron chi connectivity index (χ2n) is 4.52. The van der Waals surface area contributed by atoms with Gasteiger partial charge in [0.25, 0.3) is 0 Å². The molecule has 0 spiro atoms. The molecular formula is C13H20ClNO2S. The van der Waals surface area contributed by atoms with Gasteiger partial charge in [-0.3, -0.25) is 0 Å². The third kappa shape index (κ3) is 3.93. The molecule has 0 bridgehead atoms. The average Bonchev–Trinajstić information content (AvgIpc) is 2.74. The summed E-state index contributed by atoms with van der Waals surface area (Å²) in [6, 6.07) is 2.57. The van der Waals surface area contributed by atoms with Crippen LogP contribution in [0.2, 0.25) is 4.34 Å². The lowest BCUT2D eigenvalue weighted by Gasteiger charge is -2.23. The van der Waals surface area contributed by atoms with Crippen LogP contribution in [0.1, 0.15) is 35.7 Å². The highest BCUT2D eigenvalue weighted by atomic mass is 35.5. The second-order valence-corrected chi connectivity index (χ2v) is 6.29. The van der Waals surface area contributed by atoms with Gasteiger partial charge in [-0.1, -0.05) is 11.6 Å². The molecule has 0 saturated heterocycles. The molecule has 0 amide bonds. The van der Waals surface area contributed by atoms with E-state index >= 15 is 0 Å². The van der Waals surface area contributed by atoms with Crippen molar-refractivity contribution >= 4 is 22.9 Å². The molecule has 1 aliphatic rings. The number of thiophene rings is 1. The number of hydrogen-bond donors (Lipinski definition) is 2. The molecule has 5 heteroatoms. The van der Waals surface area contributed by atoms with Gasteiger partial charge >= 0.3 is 0 Å². The summed E-state index contributed by atoms with van der Waals surface area (Å²) < 4.78 is 6.14. The van der Waals surface area contributed by atoms with Crippen LogP contribution in [0.4, 0.5) is 0 Å². The number of nitrogens with one attached hydrogen (secondary N) is 1. The number of ether oxygens (including phenoxy) is 1. The molecule has 1 aromatic heterocycles. The lowest BCUT2D eigenvalue weighted by atomic mass is 9.94. The standard InChI is InChI=1S/C13H20ClNO2S/c14-13-9-10-11(3-1-4-12(10)18-13)15-5-2-7-17-8-6-16/h9,11,15-16H,1-8H2. The SMILES string of the molecule is OCCOCCCNC1CCCc2sc(Cl)cc21. The van der Waals surface area contributed by atoms with E-state index in [-0.39, 0.29) is 6.61 Å². The first-order valence-corrected chi connectivity index (χ1v) is 7.71. The van der Waals surface area contributed by atoms with Crippen molar-refractivity contribution < 1.29 is 9.84 Å². The number of rotatable bonds is 7. The molecule has 0 radical (unpaired) electrons. The van der Waals surface area contributed by atoms with E-state index in [4.69, 9.17) is 21.4 Å². The first-order valence-electron chi connectivity index (χ1n) is 6.51. The van der Waals surface area contributed by atoms with Gasteiger partial charge in [-0.2, -0.15) is 0 Å². The van der Waals surface area contributed by atoms with Gasteiger partial charge in [0, 0.05) is 17.5 Å². The van der Waals surface area contributed by atoms with Crippen LogP contribution >= 0.6 is 22.9 Å². The summed E-state index contributed by atoms with van der Waals surface area (Å²) in [4.78, 5) is 1.44. The third-order valence-corrected chi connectivity index (χ3v) is 4.52. The van der Waals surface area contributed by atoms with Gasteiger partial charge in [0.15, 0.2) is 0 Å². The number of hydrogen-bond acceptors (Lipinski definition) is 4. The summed E-state index contributed by atoms with van der Waals surface area (Å²) >= 11 is 7.80. The van der Waals surface area contributed by atoms with E-state index in [2.05, 4.69) is 11.4 Å². The van der Waals surface area contributed by atoms with Gasteiger partial charge in [0.1, 0.15) is 0 Å². The number of halogens is 1. The largest absolute Gasteiger partial charge is 0.394 e. The van der Waals surface area contributed by atoms with Crippen LogP contribution < -0.4 is 5.32 Å². The van der Waals surface area contributed by atoms with E-state index in [0.29, 0.717) is 19.3 Å². The zero-order valence-corrected chi connectivity index (χ0v) is 12.0. The predicted molar refractivity (Wildman–Crippen MR) is 75.5 cm³/mol. The van der Waals surface area contributed by atoms with E-state index in [1.165, 1.54) is 29.7 Å². The summed E-state index contributed by atoms with van der Waals surface area (Å²) in [5.74, 6) is 0. The minimum atomic E-state index is 0.104. The van der Waals surface area contributed by atoms with Gasteiger partial charge in [-0.15, -0.1) is 11.3 Å². The Morgan fingerprint density at radius 2 is 2.39 bits per heavy atom. The van der Waals surface area contributed by atoms with Gasteiger partial charge in [0.2, 0.25) is 0 Å². The van der Waals surface area contributed by atoms with Crippen molar-refractivity contribution in [3.8, 4) is 0 Å². The maximum absolute atomic E-state index is 8.59. The molecule has 0 fully saturated rings. The molecule has 18 heavy (non-hydrogen) atoms. The average molecular weight is 290 g/mol. The molecule has 0 saturated carbocycles. The minimum absolute atomic E-state index is 0.104. The van der Waals surface area contributed by atoms with E-state index in [9.17, 15) is 0 Å². The lowest BCUT2D eigenvalue weighted by Crippen LogP contribution is -2.26. The van der Waals surface area contributed by atoms with Crippen LogP contribution in [-0.2, 0) is 11.2 Å². The fraction of sp³-hybridized carbons (Fsp3) is 0.692. The molecule has 1 heterocycles. The molecule has 1 atom stereocenters. The normalized spacial score (nSPS) is 18.9. The summed E-state index contributed by atoms with van der Waals surface area (Å²) in [6.07, 6.45) is 4.58. The Morgan fingerprint density at radius 1 is 1.50 bits per heavy atom.